The third kappa shape index (κ3) is 2.23. The number of aromatic amines is 1. The molecule has 132 valence electrons. The zero-order chi connectivity index (χ0) is 18.5. The van der Waals surface area contributed by atoms with Crippen molar-refractivity contribution in [3.05, 3.63) is 64.7 Å². The second-order valence-electron chi connectivity index (χ2n) is 5.94. The minimum absolute atomic E-state index is 0.148. The lowest BCUT2D eigenvalue weighted by Crippen LogP contribution is -2.21. The van der Waals surface area contributed by atoms with Gasteiger partial charge >= 0.3 is 0 Å². The fraction of sp³-hybridized carbons (Fsp3) is 0.0588. The number of rotatable bonds is 2. The van der Waals surface area contributed by atoms with Crippen LogP contribution in [-0.2, 0) is 0 Å². The molecule has 0 aliphatic rings. The van der Waals surface area contributed by atoms with Gasteiger partial charge in [0.05, 0.1) is 11.3 Å². The molecule has 0 aliphatic carbocycles. The second-order valence-corrected chi connectivity index (χ2v) is 5.94. The predicted octanol–water partition coefficient (Wildman–Crippen LogP) is 1.66. The number of fused-ring (bicyclic) bond motifs is 3. The van der Waals surface area contributed by atoms with E-state index in [1.54, 1.807) is 28.9 Å². The van der Waals surface area contributed by atoms with Crippen LogP contribution in [0.25, 0.3) is 33.8 Å². The van der Waals surface area contributed by atoms with Gasteiger partial charge in [0.25, 0.3) is 5.56 Å². The van der Waals surface area contributed by atoms with Crippen molar-refractivity contribution in [1.29, 1.82) is 0 Å². The molecule has 1 N–H and O–H groups in total. The van der Waals surface area contributed by atoms with Gasteiger partial charge in [-0.3, -0.25) is 9.36 Å². The maximum absolute atomic E-state index is 13.3. The number of aromatic nitrogens is 8. The Morgan fingerprint density at radius 2 is 1.93 bits per heavy atom. The average Bonchev–Trinajstić information content (AvgIpc) is 3.30. The Morgan fingerprint density at radius 1 is 1.11 bits per heavy atom. The summed E-state index contributed by atoms with van der Waals surface area (Å²) < 4.78 is 16.1. The van der Waals surface area contributed by atoms with E-state index in [0.29, 0.717) is 16.9 Å². The van der Waals surface area contributed by atoms with E-state index in [1.807, 2.05) is 6.92 Å². The molecule has 0 bridgehead atoms. The largest absolute Gasteiger partial charge is 0.287 e. The lowest BCUT2D eigenvalue weighted by atomic mass is 10.1. The Morgan fingerprint density at radius 3 is 2.67 bits per heavy atom. The molecule has 5 rings (SSSR count). The first-order valence-electron chi connectivity index (χ1n) is 8.02. The van der Waals surface area contributed by atoms with Gasteiger partial charge < -0.3 is 0 Å². The van der Waals surface area contributed by atoms with Gasteiger partial charge in [-0.15, -0.1) is 10.2 Å². The smallest absolute Gasteiger partial charge is 0.266 e. The van der Waals surface area contributed by atoms with E-state index < -0.39 is 5.56 Å². The monoisotopic (exact) mass is 362 g/mol. The average molecular weight is 362 g/mol. The van der Waals surface area contributed by atoms with E-state index in [0.717, 1.165) is 11.1 Å². The van der Waals surface area contributed by atoms with Crippen LogP contribution in [0.5, 0.6) is 0 Å². The van der Waals surface area contributed by atoms with Gasteiger partial charge in [-0.1, -0.05) is 12.1 Å². The van der Waals surface area contributed by atoms with Gasteiger partial charge in [0.1, 0.15) is 17.7 Å². The molecule has 1 aromatic carbocycles. The maximum Gasteiger partial charge on any atom is 0.287 e. The third-order valence-corrected chi connectivity index (χ3v) is 4.32. The Hall–Kier alpha value is -3.95. The Bertz CT molecular complexity index is 1350. The molecular weight excluding hydrogens is 351 g/mol. The number of aryl methyl sites for hydroxylation is 1. The molecule has 4 heterocycles. The number of hydrogen-bond donors (Lipinski definition) is 1. The minimum atomic E-state index is -0.393. The summed E-state index contributed by atoms with van der Waals surface area (Å²) in [7, 11) is 0. The summed E-state index contributed by atoms with van der Waals surface area (Å²) in [4.78, 5) is 16.7. The number of halogens is 1. The SMILES string of the molecule is Cc1nn2c(nnc3c(=O)n(-c4ncn[nH]4)ccc32)c1-c1ccc(F)cc1. The Balaban J connectivity index is 1.79. The fourth-order valence-electron chi connectivity index (χ4n) is 3.09. The summed E-state index contributed by atoms with van der Waals surface area (Å²) in [5, 5.41) is 19.2. The highest BCUT2D eigenvalue weighted by atomic mass is 19.1. The number of H-pyrrole nitrogens is 1. The molecule has 0 amide bonds. The minimum Gasteiger partial charge on any atom is -0.266 e. The van der Waals surface area contributed by atoms with Crippen LogP contribution in [-0.4, -0.2) is 39.6 Å². The van der Waals surface area contributed by atoms with Crippen molar-refractivity contribution in [2.45, 2.75) is 6.92 Å². The molecule has 0 unspecified atom stereocenters. The molecule has 9 nitrogen and oxygen atoms in total. The van der Waals surface area contributed by atoms with Gasteiger partial charge in [-0.2, -0.15) is 15.2 Å². The fourth-order valence-corrected chi connectivity index (χ4v) is 3.09. The topological polar surface area (TPSA) is 107 Å². The summed E-state index contributed by atoms with van der Waals surface area (Å²) in [5.41, 5.74) is 2.96. The number of pyridine rings is 1. The summed E-state index contributed by atoms with van der Waals surface area (Å²) in [6, 6.07) is 7.79. The Labute approximate surface area is 150 Å². The first kappa shape index (κ1) is 15.3. The van der Waals surface area contributed by atoms with E-state index >= 15 is 0 Å². The lowest BCUT2D eigenvalue weighted by molar-refractivity contribution is 0.628. The van der Waals surface area contributed by atoms with E-state index in [1.165, 1.54) is 23.0 Å². The van der Waals surface area contributed by atoms with Gasteiger partial charge in [-0.25, -0.2) is 14.0 Å². The molecule has 27 heavy (non-hydrogen) atoms. The first-order chi connectivity index (χ1) is 13.1. The van der Waals surface area contributed by atoms with Crippen molar-refractivity contribution >= 4 is 16.7 Å². The van der Waals surface area contributed by atoms with Crippen LogP contribution in [0.4, 0.5) is 4.39 Å². The van der Waals surface area contributed by atoms with Crippen LogP contribution >= 0.6 is 0 Å². The van der Waals surface area contributed by atoms with Crippen LogP contribution in [0, 0.1) is 12.7 Å². The standard InChI is InChI=1S/C17H11FN8O/c1-9-13(10-2-4-11(18)5-3-10)15-22-21-14-12(26(15)24-9)6-7-25(16(14)27)17-19-8-20-23-17/h2-8H,1H3,(H,19,20,23). The molecule has 5 aromatic rings. The van der Waals surface area contributed by atoms with E-state index in [4.69, 9.17) is 0 Å². The zero-order valence-corrected chi connectivity index (χ0v) is 14.0. The van der Waals surface area contributed by atoms with Crippen LogP contribution < -0.4 is 5.56 Å². The van der Waals surface area contributed by atoms with Gasteiger partial charge in [0, 0.05) is 6.20 Å². The summed E-state index contributed by atoms with van der Waals surface area (Å²) in [6.45, 7) is 1.83. The molecule has 0 spiro atoms. The highest BCUT2D eigenvalue weighted by Crippen LogP contribution is 2.28. The normalized spacial score (nSPS) is 11.5. The molecule has 0 radical (unpaired) electrons. The second kappa shape index (κ2) is 5.53. The van der Waals surface area contributed by atoms with Crippen LogP contribution in [0.15, 0.2) is 47.7 Å². The van der Waals surface area contributed by atoms with E-state index in [9.17, 15) is 9.18 Å². The van der Waals surface area contributed by atoms with Crippen LogP contribution in [0.2, 0.25) is 0 Å². The van der Waals surface area contributed by atoms with Gasteiger partial charge in [-0.05, 0) is 30.7 Å². The van der Waals surface area contributed by atoms with E-state index in [-0.39, 0.29) is 17.3 Å². The van der Waals surface area contributed by atoms with Crippen LogP contribution in [0.3, 0.4) is 0 Å². The van der Waals surface area contributed by atoms with Gasteiger partial charge in [0.15, 0.2) is 11.2 Å². The maximum atomic E-state index is 13.3. The zero-order valence-electron chi connectivity index (χ0n) is 14.0. The van der Waals surface area contributed by atoms with E-state index in [2.05, 4.69) is 30.5 Å². The number of hydrogen-bond acceptors (Lipinski definition) is 6. The van der Waals surface area contributed by atoms with Crippen LogP contribution in [0.1, 0.15) is 5.69 Å². The number of nitrogens with one attached hydrogen (secondary N) is 1. The number of nitrogens with zero attached hydrogens (tertiary/aromatic N) is 7. The van der Waals surface area contributed by atoms with Crippen molar-refractivity contribution in [3.63, 3.8) is 0 Å². The summed E-state index contributed by atoms with van der Waals surface area (Å²) >= 11 is 0. The summed E-state index contributed by atoms with van der Waals surface area (Å²) in [6.07, 6.45) is 2.88. The van der Waals surface area contributed by atoms with Crippen molar-refractivity contribution in [2.24, 2.45) is 0 Å². The highest BCUT2D eigenvalue weighted by molar-refractivity contribution is 5.84. The van der Waals surface area contributed by atoms with Gasteiger partial charge in [0.2, 0.25) is 5.95 Å². The molecule has 0 fully saturated rings. The molecule has 10 heteroatoms. The third-order valence-electron chi connectivity index (χ3n) is 4.32. The molecule has 0 atom stereocenters. The molecular formula is C17H11FN8O. The predicted molar refractivity (Wildman–Crippen MR) is 94.0 cm³/mol. The number of benzene rings is 1. The lowest BCUT2D eigenvalue weighted by Gasteiger charge is -2.04. The molecule has 0 aliphatic heterocycles. The van der Waals surface area contributed by atoms with Crippen molar-refractivity contribution in [2.75, 3.05) is 0 Å². The first-order valence-corrected chi connectivity index (χ1v) is 8.02. The molecule has 4 aromatic heterocycles. The van der Waals surface area contributed by atoms with Crippen molar-refractivity contribution < 1.29 is 4.39 Å². The summed E-state index contributed by atoms with van der Waals surface area (Å²) in [5.74, 6) is -0.0372. The highest BCUT2D eigenvalue weighted by Gasteiger charge is 2.18. The molecule has 0 saturated heterocycles. The Kier molecular flexibility index (Phi) is 3.13. The van der Waals surface area contributed by atoms with Crippen molar-refractivity contribution in [1.82, 2.24) is 39.6 Å². The molecule has 0 saturated carbocycles. The quantitative estimate of drug-likeness (QED) is 0.512. The van der Waals surface area contributed by atoms with Crippen molar-refractivity contribution in [3.8, 4) is 17.1 Å².